The van der Waals surface area contributed by atoms with Gasteiger partial charge in [-0.15, -0.1) is 13.2 Å². The van der Waals surface area contributed by atoms with Crippen LogP contribution in [0.4, 0.5) is 18.9 Å². The third-order valence-electron chi connectivity index (χ3n) is 5.25. The van der Waals surface area contributed by atoms with Crippen LogP contribution in [0.5, 0.6) is 0 Å². The second kappa shape index (κ2) is 7.88. The van der Waals surface area contributed by atoms with E-state index in [-0.39, 0.29) is 11.3 Å². The van der Waals surface area contributed by atoms with Crippen molar-refractivity contribution >= 4 is 28.5 Å². The lowest BCUT2D eigenvalue weighted by Crippen LogP contribution is -2.32. The highest BCUT2D eigenvalue weighted by Gasteiger charge is 2.37. The topological polar surface area (TPSA) is 46.8 Å². The first-order valence-electron chi connectivity index (χ1n) is 9.81. The van der Waals surface area contributed by atoms with Crippen LogP contribution in [-0.4, -0.2) is 44.1 Å². The first-order valence-corrected chi connectivity index (χ1v) is 11.0. The van der Waals surface area contributed by atoms with Crippen molar-refractivity contribution in [1.29, 1.82) is 0 Å². The van der Waals surface area contributed by atoms with Crippen LogP contribution in [0.15, 0.2) is 61.1 Å². The van der Waals surface area contributed by atoms with E-state index in [1.807, 2.05) is 17.8 Å². The van der Waals surface area contributed by atoms with E-state index < -0.39 is 6.30 Å². The molecule has 3 aromatic heterocycles. The summed E-state index contributed by atoms with van der Waals surface area (Å²) in [7, 11) is 0. The number of anilines is 1. The van der Waals surface area contributed by atoms with Gasteiger partial charge >= 0.3 is 6.30 Å². The van der Waals surface area contributed by atoms with Gasteiger partial charge in [0, 0.05) is 54.3 Å². The van der Waals surface area contributed by atoms with Crippen LogP contribution in [0.1, 0.15) is 0 Å². The highest BCUT2D eigenvalue weighted by atomic mass is 32.2. The molecule has 5 rings (SSSR count). The summed E-state index contributed by atoms with van der Waals surface area (Å²) in [4.78, 5) is 15.1. The number of thioether (sulfide) groups is 1. The maximum atomic E-state index is 14.3. The van der Waals surface area contributed by atoms with Gasteiger partial charge in [-0.05, 0) is 36.4 Å². The first-order chi connectivity index (χ1) is 15.0. The highest BCUT2D eigenvalue weighted by Crippen LogP contribution is 2.40. The Labute approximate surface area is 181 Å². The molecule has 0 spiro atoms. The third kappa shape index (κ3) is 3.63. The Morgan fingerprint density at radius 1 is 0.935 bits per heavy atom. The van der Waals surface area contributed by atoms with Crippen molar-refractivity contribution in [2.45, 2.75) is 6.30 Å². The zero-order valence-corrected chi connectivity index (χ0v) is 17.2. The van der Waals surface area contributed by atoms with E-state index in [1.165, 1.54) is 6.07 Å². The van der Waals surface area contributed by atoms with Crippen LogP contribution in [0.25, 0.3) is 33.7 Å². The number of fused-ring (bicyclic) bond motifs is 1. The van der Waals surface area contributed by atoms with Gasteiger partial charge in [0.05, 0.1) is 16.9 Å². The molecule has 158 valence electrons. The third-order valence-corrected chi connectivity index (χ3v) is 6.20. The Morgan fingerprint density at radius 2 is 1.74 bits per heavy atom. The lowest BCUT2D eigenvalue weighted by atomic mass is 10.1. The molecule has 1 aliphatic heterocycles. The van der Waals surface area contributed by atoms with E-state index in [0.29, 0.717) is 26.9 Å². The molecule has 1 fully saturated rings. The number of rotatable bonds is 3. The second-order valence-electron chi connectivity index (χ2n) is 7.12. The molecule has 5 nitrogen and oxygen atoms in total. The lowest BCUT2D eigenvalue weighted by Gasteiger charge is -2.28. The Hall–Kier alpha value is -3.07. The molecule has 1 aliphatic rings. The van der Waals surface area contributed by atoms with Gasteiger partial charge < -0.3 is 4.90 Å². The van der Waals surface area contributed by atoms with E-state index in [1.54, 1.807) is 48.9 Å². The first kappa shape index (κ1) is 19.9. The molecule has 0 radical (unpaired) electrons. The minimum absolute atomic E-state index is 0.0409. The molecule has 0 bridgehead atoms. The van der Waals surface area contributed by atoms with Gasteiger partial charge in [0.1, 0.15) is 11.3 Å². The summed E-state index contributed by atoms with van der Waals surface area (Å²) in [5, 5.41) is 0. The highest BCUT2D eigenvalue weighted by molar-refractivity contribution is 7.99. The number of nitrogens with zero attached hydrogens (tertiary/aromatic N) is 5. The fourth-order valence-electron chi connectivity index (χ4n) is 3.90. The van der Waals surface area contributed by atoms with E-state index >= 15 is 0 Å². The Morgan fingerprint density at radius 3 is 2.48 bits per heavy atom. The van der Waals surface area contributed by atoms with Gasteiger partial charge in [-0.1, -0.05) is 6.07 Å². The molecule has 0 saturated carbocycles. The van der Waals surface area contributed by atoms with Crippen molar-refractivity contribution < 1.29 is 13.2 Å². The molecular formula is C22H18F3N5S. The molecule has 0 amide bonds. The zero-order valence-electron chi connectivity index (χ0n) is 16.4. The van der Waals surface area contributed by atoms with E-state index in [2.05, 4.69) is 19.9 Å². The molecule has 0 atom stereocenters. The van der Waals surface area contributed by atoms with E-state index in [4.69, 9.17) is 0 Å². The standard InChI is InChI=1S/C22H18F3N5S/c23-22(24,25)30-18-7-1-6-17(29-10-12-31-13-11-29)20(18)28-21(30)16-5-3-9-27-19(16)15-4-2-8-26-14-15/h1-9,14H,10-13H2. The molecular weight excluding hydrogens is 423 g/mol. The van der Waals surface area contributed by atoms with Crippen LogP contribution in [0.2, 0.25) is 0 Å². The fraction of sp³-hybridized carbons (Fsp3) is 0.227. The maximum absolute atomic E-state index is 14.3. The number of benzene rings is 1. The van der Waals surface area contributed by atoms with Gasteiger partial charge in [-0.25, -0.2) is 9.55 Å². The largest absolute Gasteiger partial charge is 0.490 e. The minimum Gasteiger partial charge on any atom is -0.368 e. The van der Waals surface area contributed by atoms with Crippen molar-refractivity contribution in [3.05, 3.63) is 61.1 Å². The van der Waals surface area contributed by atoms with Crippen LogP contribution < -0.4 is 4.90 Å². The molecule has 31 heavy (non-hydrogen) atoms. The monoisotopic (exact) mass is 441 g/mol. The molecule has 4 aromatic rings. The van der Waals surface area contributed by atoms with Gasteiger partial charge in [0.25, 0.3) is 0 Å². The summed E-state index contributed by atoms with van der Waals surface area (Å²) in [6.45, 7) is 1.57. The normalized spacial score (nSPS) is 14.9. The van der Waals surface area contributed by atoms with Crippen LogP contribution in [0, 0.1) is 0 Å². The van der Waals surface area contributed by atoms with Crippen molar-refractivity contribution in [2.75, 3.05) is 29.5 Å². The number of aromatic nitrogens is 4. The number of hydrogen-bond donors (Lipinski definition) is 0. The molecule has 0 aliphatic carbocycles. The Balaban J connectivity index is 1.77. The predicted molar refractivity (Wildman–Crippen MR) is 117 cm³/mol. The average Bonchev–Trinajstić information content (AvgIpc) is 3.20. The summed E-state index contributed by atoms with van der Waals surface area (Å²) in [6, 6.07) is 11.7. The minimum atomic E-state index is -4.64. The lowest BCUT2D eigenvalue weighted by molar-refractivity contribution is -0.199. The maximum Gasteiger partial charge on any atom is 0.490 e. The number of halogens is 3. The van der Waals surface area contributed by atoms with Gasteiger partial charge in [0.15, 0.2) is 0 Å². The number of hydrogen-bond acceptors (Lipinski definition) is 5. The second-order valence-corrected chi connectivity index (χ2v) is 8.35. The van der Waals surface area contributed by atoms with Crippen LogP contribution in [-0.2, 0) is 6.30 Å². The summed E-state index contributed by atoms with van der Waals surface area (Å²) >= 11 is 1.85. The quantitative estimate of drug-likeness (QED) is 0.438. The van der Waals surface area contributed by atoms with Gasteiger partial charge in [-0.2, -0.15) is 11.8 Å². The molecule has 0 unspecified atom stereocenters. The summed E-state index contributed by atoms with van der Waals surface area (Å²) in [5.41, 5.74) is 2.47. The summed E-state index contributed by atoms with van der Waals surface area (Å²) < 4.78 is 43.2. The number of alkyl halides is 3. The van der Waals surface area contributed by atoms with Crippen molar-refractivity contribution in [3.8, 4) is 22.6 Å². The van der Waals surface area contributed by atoms with Crippen molar-refractivity contribution in [3.63, 3.8) is 0 Å². The number of para-hydroxylation sites is 1. The fourth-order valence-corrected chi connectivity index (χ4v) is 4.80. The van der Waals surface area contributed by atoms with Crippen LogP contribution >= 0.6 is 11.8 Å². The molecule has 4 heterocycles. The zero-order chi connectivity index (χ0) is 21.4. The van der Waals surface area contributed by atoms with Gasteiger partial charge in [-0.3, -0.25) is 9.97 Å². The Kier molecular flexibility index (Phi) is 5.05. The van der Waals surface area contributed by atoms with E-state index in [0.717, 1.165) is 30.3 Å². The predicted octanol–water partition coefficient (Wildman–Crippen LogP) is 5.19. The summed E-state index contributed by atoms with van der Waals surface area (Å²) in [6.07, 6.45) is 0.120. The molecule has 9 heteroatoms. The van der Waals surface area contributed by atoms with Crippen molar-refractivity contribution in [1.82, 2.24) is 19.5 Å². The number of imidazole rings is 1. The molecule has 1 saturated heterocycles. The molecule has 1 aromatic carbocycles. The SMILES string of the molecule is FC(F)(F)n1c(-c2cccnc2-c2cccnc2)nc2c(N3CCSCC3)cccc21. The van der Waals surface area contributed by atoms with E-state index in [9.17, 15) is 13.2 Å². The number of pyridine rings is 2. The smallest absolute Gasteiger partial charge is 0.368 e. The van der Waals surface area contributed by atoms with Crippen molar-refractivity contribution in [2.24, 2.45) is 0 Å². The average molecular weight is 441 g/mol. The molecule has 0 N–H and O–H groups in total. The van der Waals surface area contributed by atoms with Crippen LogP contribution in [0.3, 0.4) is 0 Å². The Bertz CT molecular complexity index is 1220. The van der Waals surface area contributed by atoms with Gasteiger partial charge in [0.2, 0.25) is 0 Å². The summed E-state index contributed by atoms with van der Waals surface area (Å²) in [5.74, 6) is 1.71.